The number of benzene rings is 2. The number of hydrogen-bond donors (Lipinski definition) is 3. The van der Waals surface area contributed by atoms with E-state index in [1.807, 2.05) is 48.7 Å². The highest BCUT2D eigenvalue weighted by atomic mass is 15.3. The van der Waals surface area contributed by atoms with Gasteiger partial charge in [0.05, 0.1) is 0 Å². The van der Waals surface area contributed by atoms with Crippen LogP contribution in [0.3, 0.4) is 0 Å². The number of para-hydroxylation sites is 1. The molecule has 1 heterocycles. The third kappa shape index (κ3) is 2.87. The Hall–Kier alpha value is -2.59. The molecule has 3 N–H and O–H groups in total. The minimum atomic E-state index is 0.714. The van der Waals surface area contributed by atoms with Gasteiger partial charge in [0.2, 0.25) is 0 Å². The van der Waals surface area contributed by atoms with E-state index in [0.29, 0.717) is 6.54 Å². The minimum absolute atomic E-state index is 0.714. The summed E-state index contributed by atoms with van der Waals surface area (Å²) < 4.78 is 0. The molecule has 0 spiro atoms. The Morgan fingerprint density at radius 3 is 2.55 bits per heavy atom. The van der Waals surface area contributed by atoms with E-state index >= 15 is 0 Å². The first-order valence-electron chi connectivity index (χ1n) is 6.55. The van der Waals surface area contributed by atoms with Crippen LogP contribution in [0.2, 0.25) is 0 Å². The topological polar surface area (TPSA) is 52.7 Å². The lowest BCUT2D eigenvalue weighted by Gasteiger charge is -2.11. The summed E-state index contributed by atoms with van der Waals surface area (Å²) in [5.41, 5.74) is 9.76. The van der Waals surface area contributed by atoms with Gasteiger partial charge in [0, 0.05) is 30.2 Å². The van der Waals surface area contributed by atoms with Crippen LogP contribution in [0, 0.1) is 0 Å². The zero-order valence-electron chi connectivity index (χ0n) is 11.0. The van der Waals surface area contributed by atoms with Gasteiger partial charge in [0.15, 0.2) is 0 Å². The lowest BCUT2D eigenvalue weighted by Crippen LogP contribution is -2.21. The molecule has 0 aliphatic rings. The van der Waals surface area contributed by atoms with E-state index in [9.17, 15) is 0 Å². The Morgan fingerprint density at radius 2 is 1.75 bits per heavy atom. The molecule has 4 nitrogen and oxygen atoms in total. The average molecular weight is 264 g/mol. The summed E-state index contributed by atoms with van der Waals surface area (Å²) in [6.07, 6.45) is 3.60. The molecule has 0 fully saturated rings. The first-order chi connectivity index (χ1) is 9.93. The van der Waals surface area contributed by atoms with Gasteiger partial charge < -0.3 is 10.4 Å². The van der Waals surface area contributed by atoms with Crippen LogP contribution in [-0.2, 0) is 6.54 Å². The van der Waals surface area contributed by atoms with Gasteiger partial charge in [-0.2, -0.15) is 0 Å². The van der Waals surface area contributed by atoms with Crippen molar-refractivity contribution in [1.82, 2.24) is 15.4 Å². The minimum Gasteiger partial charge on any atom is -0.345 e. The molecule has 0 atom stereocenters. The van der Waals surface area contributed by atoms with Crippen LogP contribution in [-0.4, -0.2) is 9.97 Å². The maximum absolute atomic E-state index is 4.31. The molecule has 2 aromatic carbocycles. The molecule has 0 unspecified atom stereocenters. The van der Waals surface area contributed by atoms with Gasteiger partial charge in [-0.1, -0.05) is 42.5 Å². The van der Waals surface area contributed by atoms with E-state index in [4.69, 9.17) is 0 Å². The van der Waals surface area contributed by atoms with E-state index in [2.05, 4.69) is 33.0 Å². The molecule has 0 amide bonds. The predicted molar refractivity (Wildman–Crippen MR) is 80.9 cm³/mol. The smallest absolute Gasteiger partial charge is 0.137 e. The third-order valence-corrected chi connectivity index (χ3v) is 3.06. The SMILES string of the molecule is c1ccc(NNCc2ccccc2-c2ncc[nH]2)cc1. The molecule has 3 rings (SSSR count). The van der Waals surface area contributed by atoms with Gasteiger partial charge >= 0.3 is 0 Å². The fourth-order valence-electron chi connectivity index (χ4n) is 2.08. The number of hydrogen-bond acceptors (Lipinski definition) is 3. The lowest BCUT2D eigenvalue weighted by atomic mass is 10.1. The summed E-state index contributed by atoms with van der Waals surface area (Å²) in [6.45, 7) is 0.714. The Morgan fingerprint density at radius 1 is 0.950 bits per heavy atom. The highest BCUT2D eigenvalue weighted by molar-refractivity contribution is 5.60. The average Bonchev–Trinajstić information content (AvgIpc) is 3.03. The van der Waals surface area contributed by atoms with Crippen molar-refractivity contribution in [3.05, 3.63) is 72.6 Å². The molecule has 3 aromatic rings. The number of nitrogens with one attached hydrogen (secondary N) is 3. The quantitative estimate of drug-likeness (QED) is 0.620. The van der Waals surface area contributed by atoms with Crippen molar-refractivity contribution in [2.75, 3.05) is 5.43 Å². The van der Waals surface area contributed by atoms with Crippen LogP contribution in [0.15, 0.2) is 67.0 Å². The highest BCUT2D eigenvalue weighted by Gasteiger charge is 2.05. The molecule has 0 aliphatic heterocycles. The van der Waals surface area contributed by atoms with E-state index in [1.165, 1.54) is 5.56 Å². The molecular weight excluding hydrogens is 248 g/mol. The highest BCUT2D eigenvalue weighted by Crippen LogP contribution is 2.19. The van der Waals surface area contributed by atoms with Gasteiger partial charge in [-0.15, -0.1) is 0 Å². The van der Waals surface area contributed by atoms with Gasteiger partial charge in [-0.25, -0.2) is 10.4 Å². The fraction of sp³-hybridized carbons (Fsp3) is 0.0625. The second kappa shape index (κ2) is 6.04. The first-order valence-corrected chi connectivity index (χ1v) is 6.55. The molecule has 0 saturated carbocycles. The second-order valence-corrected chi connectivity index (χ2v) is 4.44. The van der Waals surface area contributed by atoms with E-state index < -0.39 is 0 Å². The number of rotatable bonds is 5. The Bertz CT molecular complexity index is 647. The molecule has 20 heavy (non-hydrogen) atoms. The maximum atomic E-state index is 4.31. The molecule has 0 bridgehead atoms. The standard InChI is InChI=1S/C16H16N4/c1-2-7-14(8-3-1)20-19-12-13-6-4-5-9-15(13)16-17-10-11-18-16/h1-11,19-20H,12H2,(H,17,18). The van der Waals surface area contributed by atoms with E-state index in [-0.39, 0.29) is 0 Å². The van der Waals surface area contributed by atoms with E-state index in [1.54, 1.807) is 6.20 Å². The van der Waals surface area contributed by atoms with Gasteiger partial charge in [0.1, 0.15) is 5.82 Å². The summed E-state index contributed by atoms with van der Waals surface area (Å²) >= 11 is 0. The number of anilines is 1. The Labute approximate surface area is 117 Å². The first kappa shape index (κ1) is 12.4. The summed E-state index contributed by atoms with van der Waals surface area (Å²) in [5, 5.41) is 0. The Balaban J connectivity index is 1.69. The molecular formula is C16H16N4. The van der Waals surface area contributed by atoms with Crippen LogP contribution < -0.4 is 10.9 Å². The summed E-state index contributed by atoms with van der Waals surface area (Å²) in [5.74, 6) is 0.891. The Kier molecular flexibility index (Phi) is 3.76. The number of hydrazine groups is 1. The van der Waals surface area contributed by atoms with Gasteiger partial charge in [-0.05, 0) is 17.7 Å². The van der Waals surface area contributed by atoms with Crippen LogP contribution in [0.25, 0.3) is 11.4 Å². The monoisotopic (exact) mass is 264 g/mol. The predicted octanol–water partition coefficient (Wildman–Crippen LogP) is 3.19. The van der Waals surface area contributed by atoms with Gasteiger partial charge in [0.25, 0.3) is 0 Å². The molecule has 1 aromatic heterocycles. The summed E-state index contributed by atoms with van der Waals surface area (Å²) in [6, 6.07) is 18.3. The third-order valence-electron chi connectivity index (χ3n) is 3.06. The van der Waals surface area contributed by atoms with Crippen molar-refractivity contribution in [3.63, 3.8) is 0 Å². The molecule has 0 saturated heterocycles. The largest absolute Gasteiger partial charge is 0.345 e. The normalized spacial score (nSPS) is 10.4. The number of H-pyrrole nitrogens is 1. The van der Waals surface area contributed by atoms with Crippen molar-refractivity contribution in [1.29, 1.82) is 0 Å². The van der Waals surface area contributed by atoms with Crippen LogP contribution in [0.4, 0.5) is 5.69 Å². The molecule has 0 radical (unpaired) electrons. The van der Waals surface area contributed by atoms with Crippen molar-refractivity contribution < 1.29 is 0 Å². The number of nitrogens with zero attached hydrogens (tertiary/aromatic N) is 1. The van der Waals surface area contributed by atoms with E-state index in [0.717, 1.165) is 17.1 Å². The molecule has 0 aliphatic carbocycles. The maximum Gasteiger partial charge on any atom is 0.137 e. The summed E-state index contributed by atoms with van der Waals surface area (Å²) in [4.78, 5) is 7.45. The molecule has 100 valence electrons. The van der Waals surface area contributed by atoms with Crippen molar-refractivity contribution in [3.8, 4) is 11.4 Å². The number of aromatic amines is 1. The van der Waals surface area contributed by atoms with Crippen LogP contribution in [0.1, 0.15) is 5.56 Å². The van der Waals surface area contributed by atoms with Gasteiger partial charge in [-0.3, -0.25) is 0 Å². The zero-order valence-corrected chi connectivity index (χ0v) is 11.0. The van der Waals surface area contributed by atoms with Crippen LogP contribution >= 0.6 is 0 Å². The molecule has 4 heteroatoms. The van der Waals surface area contributed by atoms with Crippen LogP contribution in [0.5, 0.6) is 0 Å². The summed E-state index contributed by atoms with van der Waals surface area (Å²) in [7, 11) is 0. The zero-order chi connectivity index (χ0) is 13.6. The number of aromatic nitrogens is 2. The lowest BCUT2D eigenvalue weighted by molar-refractivity contribution is 0.802. The second-order valence-electron chi connectivity index (χ2n) is 4.44. The van der Waals surface area contributed by atoms with Crippen molar-refractivity contribution >= 4 is 5.69 Å². The van der Waals surface area contributed by atoms with Crippen molar-refractivity contribution in [2.45, 2.75) is 6.54 Å². The number of imidazole rings is 1. The van der Waals surface area contributed by atoms with Crippen molar-refractivity contribution in [2.24, 2.45) is 0 Å². The fourth-order valence-corrected chi connectivity index (χ4v) is 2.08.